The lowest BCUT2D eigenvalue weighted by atomic mass is 10.1. The zero-order valence-corrected chi connectivity index (χ0v) is 17.3. The number of hydrogen-bond donors (Lipinski definition) is 4. The summed E-state index contributed by atoms with van der Waals surface area (Å²) in [4.78, 5) is 20.7. The Morgan fingerprint density at radius 3 is 1.91 bits per heavy atom. The molecule has 0 saturated carbocycles. The van der Waals surface area contributed by atoms with Gasteiger partial charge < -0.3 is 5.73 Å². The average Bonchev–Trinajstić information content (AvgIpc) is 2.84. The minimum absolute atomic E-state index is 0.209. The van der Waals surface area contributed by atoms with E-state index in [1.165, 1.54) is 6.33 Å². The summed E-state index contributed by atoms with van der Waals surface area (Å²) in [6.07, 6.45) is 1.61. The minimum Gasteiger partial charge on any atom is -0.393 e. The number of nitrogens with one attached hydrogen (secondary N) is 3. The molecule has 1 heterocycles. The number of carbonyl (C=O) groups is 1. The molecule has 1 aromatic heterocycles. The summed E-state index contributed by atoms with van der Waals surface area (Å²) >= 11 is 0. The Hall–Kier alpha value is -4.59. The molecule has 5 N–H and O–H groups in total. The van der Waals surface area contributed by atoms with Crippen molar-refractivity contribution in [1.29, 1.82) is 0 Å². The van der Waals surface area contributed by atoms with E-state index in [1.54, 1.807) is 0 Å². The molecule has 4 rings (SSSR count). The van der Waals surface area contributed by atoms with Gasteiger partial charge in [0.15, 0.2) is 11.6 Å². The quantitative estimate of drug-likeness (QED) is 0.317. The molecule has 0 unspecified atom stereocenters. The van der Waals surface area contributed by atoms with Crippen LogP contribution in [0.1, 0.15) is 5.56 Å². The zero-order chi connectivity index (χ0) is 22.2. The lowest BCUT2D eigenvalue weighted by molar-refractivity contribution is -0.119. The molecule has 3 aromatic carbocycles. The van der Waals surface area contributed by atoms with Crippen LogP contribution in [0, 0.1) is 0 Å². The van der Waals surface area contributed by atoms with Gasteiger partial charge in [-0.15, -0.1) is 0 Å². The number of nitrogens with zero attached hydrogens (tertiary/aromatic N) is 3. The summed E-state index contributed by atoms with van der Waals surface area (Å²) in [5, 5.41) is 1.87. The maximum atomic E-state index is 12.2. The third-order valence-corrected chi connectivity index (χ3v) is 4.66. The number of hydrazine groups is 2. The largest absolute Gasteiger partial charge is 0.393 e. The number of amides is 1. The highest BCUT2D eigenvalue weighted by Gasteiger charge is 2.14. The number of hydrogen-bond acceptors (Lipinski definition) is 7. The topological polar surface area (TPSA) is 108 Å². The first kappa shape index (κ1) is 20.7. The van der Waals surface area contributed by atoms with E-state index in [1.807, 2.05) is 96.0 Å². The molecular weight excluding hydrogens is 402 g/mol. The maximum Gasteiger partial charge on any atom is 0.242 e. The third kappa shape index (κ3) is 5.11. The van der Waals surface area contributed by atoms with Crippen molar-refractivity contribution in [2.24, 2.45) is 0 Å². The molecule has 4 aromatic rings. The predicted octanol–water partition coefficient (Wildman–Crippen LogP) is 3.91. The molecule has 0 atom stereocenters. The van der Waals surface area contributed by atoms with Crippen molar-refractivity contribution in [2.45, 2.75) is 6.42 Å². The molecule has 0 aliphatic rings. The molecule has 8 nitrogen and oxygen atoms in total. The summed E-state index contributed by atoms with van der Waals surface area (Å²) in [5.41, 5.74) is 18.0. The monoisotopic (exact) mass is 425 g/mol. The zero-order valence-electron chi connectivity index (χ0n) is 17.3. The van der Waals surface area contributed by atoms with Crippen LogP contribution in [0.4, 0.5) is 28.7 Å². The highest BCUT2D eigenvalue weighted by molar-refractivity contribution is 5.82. The van der Waals surface area contributed by atoms with Crippen molar-refractivity contribution in [1.82, 2.24) is 15.4 Å². The van der Waals surface area contributed by atoms with E-state index in [0.717, 1.165) is 16.9 Å². The molecule has 0 bridgehead atoms. The van der Waals surface area contributed by atoms with Gasteiger partial charge in [0.25, 0.3) is 0 Å². The van der Waals surface area contributed by atoms with Crippen LogP contribution in [0.25, 0.3) is 0 Å². The molecular formula is C24H23N7O. The van der Waals surface area contributed by atoms with Gasteiger partial charge in [0.1, 0.15) is 12.0 Å². The van der Waals surface area contributed by atoms with E-state index in [4.69, 9.17) is 5.73 Å². The molecule has 160 valence electrons. The Morgan fingerprint density at radius 1 is 0.781 bits per heavy atom. The summed E-state index contributed by atoms with van der Waals surface area (Å²) in [7, 11) is 0. The standard InChI is InChI=1S/C24H23N7O/c25-22-23(29-28-21(32)16-18-10-4-1-5-11-18)26-17-27-24(22)30-31(19-12-6-2-7-13-19)20-14-8-3-9-15-20/h1-15,17H,16,25H2,(H,28,32)(H2,26,27,29,30). The van der Waals surface area contributed by atoms with Gasteiger partial charge in [-0.1, -0.05) is 66.7 Å². The van der Waals surface area contributed by atoms with Gasteiger partial charge in [-0.3, -0.25) is 26.1 Å². The Kier molecular flexibility index (Phi) is 6.42. The lowest BCUT2D eigenvalue weighted by Gasteiger charge is -2.26. The second-order valence-corrected chi connectivity index (χ2v) is 6.94. The van der Waals surface area contributed by atoms with E-state index in [-0.39, 0.29) is 18.0 Å². The molecule has 0 radical (unpaired) electrons. The van der Waals surface area contributed by atoms with E-state index >= 15 is 0 Å². The number of nitrogens with two attached hydrogens (primary N) is 1. The van der Waals surface area contributed by atoms with Crippen LogP contribution in [-0.2, 0) is 11.2 Å². The third-order valence-electron chi connectivity index (χ3n) is 4.66. The number of nitrogen functional groups attached to an aromatic ring is 1. The number of benzene rings is 3. The number of carbonyl (C=O) groups excluding carboxylic acids is 1. The molecule has 0 fully saturated rings. The fourth-order valence-electron chi connectivity index (χ4n) is 3.08. The van der Waals surface area contributed by atoms with Crippen molar-refractivity contribution in [2.75, 3.05) is 21.6 Å². The van der Waals surface area contributed by atoms with Crippen molar-refractivity contribution in [3.05, 3.63) is 103 Å². The number of rotatable bonds is 8. The van der Waals surface area contributed by atoms with Gasteiger partial charge in [0, 0.05) is 0 Å². The fourth-order valence-corrected chi connectivity index (χ4v) is 3.08. The summed E-state index contributed by atoms with van der Waals surface area (Å²) in [5.74, 6) is 0.483. The van der Waals surface area contributed by atoms with Crippen LogP contribution in [0.2, 0.25) is 0 Å². The highest BCUT2D eigenvalue weighted by Crippen LogP contribution is 2.29. The summed E-state index contributed by atoms with van der Waals surface area (Å²) in [6, 6.07) is 29.1. The van der Waals surface area contributed by atoms with Crippen molar-refractivity contribution in [3.8, 4) is 0 Å². The summed E-state index contributed by atoms with van der Waals surface area (Å²) < 4.78 is 0. The van der Waals surface area contributed by atoms with Gasteiger partial charge in [0.2, 0.25) is 5.91 Å². The smallest absolute Gasteiger partial charge is 0.242 e. The molecule has 0 aliphatic carbocycles. The molecule has 0 aliphatic heterocycles. The first-order chi connectivity index (χ1) is 15.7. The first-order valence-electron chi connectivity index (χ1n) is 10.1. The van der Waals surface area contributed by atoms with Crippen molar-refractivity contribution in [3.63, 3.8) is 0 Å². The van der Waals surface area contributed by atoms with E-state index in [2.05, 4.69) is 26.2 Å². The van der Waals surface area contributed by atoms with E-state index < -0.39 is 0 Å². The molecule has 8 heteroatoms. The van der Waals surface area contributed by atoms with Crippen LogP contribution < -0.4 is 27.0 Å². The van der Waals surface area contributed by atoms with Gasteiger partial charge in [-0.05, 0) is 29.8 Å². The van der Waals surface area contributed by atoms with Crippen molar-refractivity contribution < 1.29 is 4.79 Å². The van der Waals surface area contributed by atoms with Gasteiger partial charge in [-0.2, -0.15) is 0 Å². The fraction of sp³-hybridized carbons (Fsp3) is 0.0417. The first-order valence-corrected chi connectivity index (χ1v) is 10.1. The van der Waals surface area contributed by atoms with Gasteiger partial charge in [0.05, 0.1) is 17.8 Å². The normalized spacial score (nSPS) is 10.2. The molecule has 0 spiro atoms. The second-order valence-electron chi connectivity index (χ2n) is 6.94. The SMILES string of the molecule is Nc1c(NNC(=O)Cc2ccccc2)ncnc1NN(c1ccccc1)c1ccccc1. The molecule has 1 amide bonds. The van der Waals surface area contributed by atoms with Gasteiger partial charge in [-0.25, -0.2) is 9.97 Å². The van der Waals surface area contributed by atoms with Crippen LogP contribution >= 0.6 is 0 Å². The van der Waals surface area contributed by atoms with Crippen LogP contribution in [-0.4, -0.2) is 15.9 Å². The van der Waals surface area contributed by atoms with Crippen LogP contribution in [0.15, 0.2) is 97.3 Å². The molecule has 32 heavy (non-hydrogen) atoms. The van der Waals surface area contributed by atoms with Crippen LogP contribution in [0.5, 0.6) is 0 Å². The molecule has 0 saturated heterocycles. The van der Waals surface area contributed by atoms with Gasteiger partial charge >= 0.3 is 0 Å². The highest BCUT2D eigenvalue weighted by atomic mass is 16.2. The number of anilines is 5. The van der Waals surface area contributed by atoms with E-state index in [9.17, 15) is 4.79 Å². The maximum absolute atomic E-state index is 12.2. The Bertz CT molecular complexity index is 1120. The second kappa shape index (κ2) is 9.94. The van der Waals surface area contributed by atoms with Crippen LogP contribution in [0.3, 0.4) is 0 Å². The average molecular weight is 425 g/mol. The lowest BCUT2D eigenvalue weighted by Crippen LogP contribution is -2.32. The Balaban J connectivity index is 1.50. The Morgan fingerprint density at radius 2 is 1.31 bits per heavy atom. The minimum atomic E-state index is -0.209. The predicted molar refractivity (Wildman–Crippen MR) is 127 cm³/mol. The Labute approximate surface area is 186 Å². The van der Waals surface area contributed by atoms with E-state index in [0.29, 0.717) is 11.6 Å². The number of para-hydroxylation sites is 2. The summed E-state index contributed by atoms with van der Waals surface area (Å²) in [6.45, 7) is 0. The van der Waals surface area contributed by atoms with Crippen molar-refractivity contribution >= 4 is 34.6 Å². The number of aromatic nitrogens is 2.